The third kappa shape index (κ3) is 0.0330. The number of allylic oxidation sites excluding steroid dienone is 1. The second-order valence-electron chi connectivity index (χ2n) is 9.92. The van der Waals surface area contributed by atoms with Crippen LogP contribution in [0, 0.1) is 0 Å². The van der Waals surface area contributed by atoms with E-state index in [1.807, 2.05) is 0 Å². The molecule has 74 valence electrons. The molecule has 10 saturated heterocycles. The molecule has 1 spiro atoms. The van der Waals surface area contributed by atoms with Crippen molar-refractivity contribution in [2.24, 2.45) is 0 Å². The van der Waals surface area contributed by atoms with Crippen molar-refractivity contribution in [3.05, 3.63) is 12.7 Å². The predicted molar refractivity (Wildman–Crippen MR) is 54.5 cm³/mol. The molecule has 0 aromatic carbocycles. The van der Waals surface area contributed by atoms with Crippen LogP contribution in [0.4, 0.5) is 0 Å². The van der Waals surface area contributed by atoms with Crippen molar-refractivity contribution in [2.75, 3.05) is 0 Å². The zero-order valence-electron chi connectivity index (χ0n) is 7.63. The molecule has 0 bridgehead atoms. The number of halogens is 1. The van der Waals surface area contributed by atoms with E-state index in [9.17, 15) is 0 Å². The molecule has 10 rings (SSSR count). The summed E-state index contributed by atoms with van der Waals surface area (Å²) in [6.45, 7) is 1.43. The molecule has 0 N–H and O–H groups in total. The number of alkyl halides is 1. The summed E-state index contributed by atoms with van der Waals surface area (Å²) < 4.78 is 1.69. The van der Waals surface area contributed by atoms with Crippen molar-refractivity contribution >= 4 is 15.9 Å². The third-order valence-electron chi connectivity index (χ3n) is 15.1. The van der Waals surface area contributed by atoms with Gasteiger partial charge in [0, 0.05) is 0 Å². The van der Waals surface area contributed by atoms with Crippen molar-refractivity contribution < 1.29 is 6.51 Å². The molecule has 0 aromatic heterocycles. The second-order valence-corrected chi connectivity index (χ2v) is 35.1. The molecule has 0 amide bonds. The first-order valence-electron chi connectivity index (χ1n) is 6.03. The van der Waals surface area contributed by atoms with E-state index >= 15 is 0 Å². The zero-order valence-corrected chi connectivity index (χ0v) is 10.3. The molecule has 10 aliphatic heterocycles. The molecule has 10 aliphatic rings. The topological polar surface area (TPSA) is 0 Å². The molecule has 10 fully saturated rings. The van der Waals surface area contributed by atoms with Crippen molar-refractivity contribution in [2.45, 2.75) is 46.1 Å². The molecule has 2 heteroatoms. The molecule has 14 heavy (non-hydrogen) atoms. The first-order chi connectivity index (χ1) is 6.50. The van der Waals surface area contributed by atoms with Gasteiger partial charge in [-0.3, -0.25) is 0 Å². The van der Waals surface area contributed by atoms with Crippen LogP contribution in [0.3, 0.4) is 0 Å². The van der Waals surface area contributed by atoms with Crippen LogP contribution < -0.4 is 0 Å². The Kier molecular flexibility index (Phi) is 0.115. The quantitative estimate of drug-likeness (QED) is 0.385. The van der Waals surface area contributed by atoms with Gasteiger partial charge in [-0.1, -0.05) is 0 Å². The first-order valence-corrected chi connectivity index (χ1v) is 13.0. The average Bonchev–Trinajstić information content (AvgIpc) is 3.11. The standard InChI is InChI=1S/C7H6Br.C5H5.Fe/c1-2-6-4-3-5-7(6)8;1-2-4-5-3-1;/h2-5H,1H2;1-5H;. The van der Waals surface area contributed by atoms with Gasteiger partial charge in [-0.25, -0.2) is 0 Å². The maximum atomic E-state index is 4.38. The maximum absolute atomic E-state index is 4.38. The molecule has 0 nitrogen and oxygen atoms in total. The van der Waals surface area contributed by atoms with Crippen LogP contribution in [0.15, 0.2) is 12.7 Å². The van der Waals surface area contributed by atoms with E-state index in [4.69, 9.17) is 0 Å². The van der Waals surface area contributed by atoms with Crippen LogP contribution in [0.25, 0.3) is 0 Å². The Balaban J connectivity index is 2.07. The van der Waals surface area contributed by atoms with Gasteiger partial charge in [0.05, 0.1) is 0 Å². The van der Waals surface area contributed by atoms with Gasteiger partial charge in [0.1, 0.15) is 0 Å². The number of fused-ring (bicyclic) bond motifs is 10. The fourth-order valence-corrected chi connectivity index (χ4v) is 104. The van der Waals surface area contributed by atoms with Crippen molar-refractivity contribution in [3.63, 3.8) is 0 Å². The summed E-state index contributed by atoms with van der Waals surface area (Å²) in [6.07, 6.45) is 2.53. The Morgan fingerprint density at radius 2 is 1.57 bits per heavy atom. The van der Waals surface area contributed by atoms with E-state index in [0.29, 0.717) is 0 Å². The van der Waals surface area contributed by atoms with Gasteiger partial charge < -0.3 is 0 Å². The normalized spacial score (nSPS) is 147. The van der Waals surface area contributed by atoms with E-state index in [2.05, 4.69) is 28.6 Å². The molecular formula is C12H11BrFe. The van der Waals surface area contributed by atoms with Gasteiger partial charge >= 0.3 is 81.2 Å². The minimum atomic E-state index is -2.87. The van der Waals surface area contributed by atoms with Gasteiger partial charge in [-0.2, -0.15) is 0 Å². The monoisotopic (exact) mass is 290 g/mol. The number of rotatable bonds is 1. The van der Waals surface area contributed by atoms with Crippen LogP contribution >= 0.6 is 15.9 Å². The summed E-state index contributed by atoms with van der Waals surface area (Å²) in [5.41, 5.74) is 0. The predicted octanol–water partition coefficient (Wildman–Crippen LogP) is 4.23. The third-order valence-corrected chi connectivity index (χ3v) is 65.2. The van der Waals surface area contributed by atoms with Crippen LogP contribution in [0.2, 0.25) is 42.8 Å². The van der Waals surface area contributed by atoms with Crippen LogP contribution in [0.1, 0.15) is 0 Å². The Morgan fingerprint density at radius 3 is 1.64 bits per heavy atom. The fourth-order valence-electron chi connectivity index (χ4n) is 17.0. The van der Waals surface area contributed by atoms with Crippen LogP contribution in [0.5, 0.6) is 0 Å². The molecule has 5 unspecified atom stereocenters. The van der Waals surface area contributed by atoms with E-state index in [1.165, 1.54) is 38.5 Å². The van der Waals surface area contributed by atoms with Crippen molar-refractivity contribution in [1.82, 2.24) is 0 Å². The zero-order chi connectivity index (χ0) is 8.64. The van der Waals surface area contributed by atoms with Crippen LogP contribution in [-0.4, -0.2) is 3.22 Å². The van der Waals surface area contributed by atoms with Gasteiger partial charge in [-0.15, -0.1) is 0 Å². The summed E-state index contributed by atoms with van der Waals surface area (Å²) >= 11 is 4.38. The molecular weight excluding hydrogens is 280 g/mol. The summed E-state index contributed by atoms with van der Waals surface area (Å²) in [6, 6.07) is 0. The van der Waals surface area contributed by atoms with E-state index in [-0.39, 0.29) is 0 Å². The van der Waals surface area contributed by atoms with Gasteiger partial charge in [0.2, 0.25) is 0 Å². The number of hydrogen-bond donors (Lipinski definition) is 0. The van der Waals surface area contributed by atoms with E-state index in [1.54, 1.807) is 0 Å². The summed E-state index contributed by atoms with van der Waals surface area (Å²) in [4.78, 5) is 11.2. The van der Waals surface area contributed by atoms with Crippen molar-refractivity contribution in [3.8, 4) is 0 Å². The molecule has 0 saturated carbocycles. The Labute approximate surface area is 80.9 Å². The summed E-state index contributed by atoms with van der Waals surface area (Å²) in [7, 11) is 0. The summed E-state index contributed by atoms with van der Waals surface area (Å²) in [5, 5.41) is 0. The minimum absolute atomic E-state index is 0.834. The van der Waals surface area contributed by atoms with Crippen LogP contribution in [-0.2, 0) is 6.51 Å². The summed E-state index contributed by atoms with van der Waals surface area (Å²) in [5.74, 6) is 0. The fraction of sp³-hybridized carbons (Fsp3) is 0.833. The molecule has 5 atom stereocenters. The number of hydrogen-bond acceptors (Lipinski definition) is 0. The molecule has 0 aromatic rings. The van der Waals surface area contributed by atoms with Gasteiger partial charge in [0.25, 0.3) is 0 Å². The molecule has 0 radical (unpaired) electrons. The Bertz CT molecular complexity index is 917. The second kappa shape index (κ2) is 0.326. The van der Waals surface area contributed by atoms with Gasteiger partial charge in [-0.05, 0) is 0 Å². The van der Waals surface area contributed by atoms with E-state index < -0.39 is 6.51 Å². The van der Waals surface area contributed by atoms with E-state index in [0.717, 1.165) is 7.54 Å². The first kappa shape index (κ1) is 4.94. The Hall–Kier alpha value is 0.739. The molecule has 10 heterocycles. The van der Waals surface area contributed by atoms with Gasteiger partial charge in [0.15, 0.2) is 0 Å². The average molecular weight is 291 g/mol. The SMILES string of the molecule is C=C[C]12[CH]3[CH]4[CH]5[C]1(Br)[Fe]45321678[CH]2[CH]1[CH]6[CH]7[CH]28. The molecule has 0 aliphatic carbocycles. The van der Waals surface area contributed by atoms with Crippen molar-refractivity contribution in [1.29, 1.82) is 0 Å². The Morgan fingerprint density at radius 1 is 1.00 bits per heavy atom.